The van der Waals surface area contributed by atoms with Crippen LogP contribution >= 0.6 is 0 Å². The number of nitrogens with two attached hydrogens (primary N) is 1. The third-order valence-corrected chi connectivity index (χ3v) is 5.33. The summed E-state index contributed by atoms with van der Waals surface area (Å²) < 4.78 is 31.7. The summed E-state index contributed by atoms with van der Waals surface area (Å²) >= 11 is 0. The Morgan fingerprint density at radius 3 is 2.11 bits per heavy atom. The molecule has 1 heterocycles. The molecule has 3 aromatic carbocycles. The molecule has 0 unspecified atom stereocenters. The maximum absolute atomic E-state index is 13.0. The second kappa shape index (κ2) is 11.6. The van der Waals surface area contributed by atoms with E-state index in [1.165, 1.54) is 5.56 Å². The first kappa shape index (κ1) is 27.9. The molecule has 1 aliphatic rings. The summed E-state index contributed by atoms with van der Waals surface area (Å²) in [5.41, 5.74) is 11.2. The molecule has 11 heteroatoms. The van der Waals surface area contributed by atoms with Crippen molar-refractivity contribution in [2.75, 3.05) is 24.7 Å². The van der Waals surface area contributed by atoms with Gasteiger partial charge in [0.25, 0.3) is 5.91 Å². The molecular formula is C27H25F3N4O4. The summed E-state index contributed by atoms with van der Waals surface area (Å²) in [6.45, 7) is 0.852. The predicted molar refractivity (Wildman–Crippen MR) is 138 cm³/mol. The topological polar surface area (TPSA) is 125 Å². The molecule has 3 aromatic rings. The van der Waals surface area contributed by atoms with Crippen molar-refractivity contribution in [3.8, 4) is 0 Å². The number of carbonyl (C=O) groups excluding carboxylic acids is 2. The van der Waals surface area contributed by atoms with Crippen LogP contribution in [0.2, 0.25) is 0 Å². The summed E-state index contributed by atoms with van der Waals surface area (Å²) in [6.07, 6.45) is -5.08. The van der Waals surface area contributed by atoms with E-state index in [0.717, 1.165) is 23.4 Å². The van der Waals surface area contributed by atoms with Crippen LogP contribution in [0.4, 0.5) is 24.5 Å². The molecule has 0 fully saturated rings. The predicted octanol–water partition coefficient (Wildman–Crippen LogP) is 4.41. The molecular weight excluding hydrogens is 501 g/mol. The first-order valence-corrected chi connectivity index (χ1v) is 11.2. The van der Waals surface area contributed by atoms with Crippen molar-refractivity contribution in [1.29, 1.82) is 0 Å². The van der Waals surface area contributed by atoms with Gasteiger partial charge in [0.2, 0.25) is 5.91 Å². The molecule has 0 spiro atoms. The van der Waals surface area contributed by atoms with Crippen LogP contribution in [0.1, 0.15) is 27.0 Å². The molecule has 8 nitrogen and oxygen atoms in total. The summed E-state index contributed by atoms with van der Waals surface area (Å²) in [5, 5.41) is 13.4. The van der Waals surface area contributed by atoms with Crippen LogP contribution in [0.25, 0.3) is 11.3 Å². The number of rotatable bonds is 6. The van der Waals surface area contributed by atoms with Gasteiger partial charge in [0.15, 0.2) is 0 Å². The average Bonchev–Trinajstić information content (AvgIpc) is 3.18. The molecule has 4 rings (SSSR count). The summed E-state index contributed by atoms with van der Waals surface area (Å²) in [4.78, 5) is 35.5. The first-order valence-electron chi connectivity index (χ1n) is 11.2. The number of carboxylic acid groups (broad SMARTS) is 1. The van der Waals surface area contributed by atoms with Gasteiger partial charge in [-0.25, -0.2) is 4.79 Å². The molecule has 2 amide bonds. The highest BCUT2D eigenvalue weighted by Crippen LogP contribution is 2.38. The highest BCUT2D eigenvalue weighted by Gasteiger charge is 2.38. The second-order valence-electron chi connectivity index (χ2n) is 8.56. The largest absolute Gasteiger partial charge is 0.490 e. The lowest BCUT2D eigenvalue weighted by molar-refractivity contribution is -0.192. The number of nitrogens with zero attached hydrogens (tertiary/aromatic N) is 1. The van der Waals surface area contributed by atoms with Crippen molar-refractivity contribution in [3.05, 3.63) is 95.1 Å². The number of benzene rings is 3. The van der Waals surface area contributed by atoms with Gasteiger partial charge in [-0.15, -0.1) is 0 Å². The van der Waals surface area contributed by atoms with E-state index in [0.29, 0.717) is 22.5 Å². The van der Waals surface area contributed by atoms with Crippen LogP contribution in [0.15, 0.2) is 72.8 Å². The number of hydrogen-bond donors (Lipinski definition) is 4. The molecule has 0 radical (unpaired) electrons. The van der Waals surface area contributed by atoms with Gasteiger partial charge in [-0.1, -0.05) is 48.5 Å². The number of primary amides is 1. The van der Waals surface area contributed by atoms with Gasteiger partial charge < -0.3 is 26.4 Å². The fourth-order valence-corrected chi connectivity index (χ4v) is 3.66. The minimum Gasteiger partial charge on any atom is -0.475 e. The Labute approximate surface area is 216 Å². The number of carbonyl (C=O) groups is 3. The molecule has 1 aliphatic heterocycles. The fraction of sp³-hybridized carbons (Fsp3) is 0.148. The molecule has 0 saturated carbocycles. The van der Waals surface area contributed by atoms with E-state index < -0.39 is 18.1 Å². The number of aliphatic carboxylic acids is 1. The molecule has 0 bridgehead atoms. The van der Waals surface area contributed by atoms with E-state index in [9.17, 15) is 22.8 Å². The zero-order chi connectivity index (χ0) is 28.0. The molecule has 38 heavy (non-hydrogen) atoms. The Morgan fingerprint density at radius 1 is 0.974 bits per heavy atom. The molecule has 5 N–H and O–H groups in total. The lowest BCUT2D eigenvalue weighted by Gasteiger charge is -2.16. The third-order valence-electron chi connectivity index (χ3n) is 5.33. The third kappa shape index (κ3) is 6.98. The van der Waals surface area contributed by atoms with Crippen molar-refractivity contribution in [1.82, 2.24) is 4.90 Å². The number of hydrogen-bond acceptors (Lipinski definition) is 5. The Hall–Kier alpha value is -4.64. The van der Waals surface area contributed by atoms with Gasteiger partial charge >= 0.3 is 12.1 Å². The Morgan fingerprint density at radius 2 is 1.58 bits per heavy atom. The molecule has 0 atom stereocenters. The maximum atomic E-state index is 13.0. The van der Waals surface area contributed by atoms with E-state index in [2.05, 4.69) is 27.7 Å². The average molecular weight is 527 g/mol. The number of nitrogens with one attached hydrogen (secondary N) is 2. The Bertz CT molecular complexity index is 1370. The summed E-state index contributed by atoms with van der Waals surface area (Å²) in [7, 11) is 4.06. The molecule has 198 valence electrons. The van der Waals surface area contributed by atoms with Crippen molar-refractivity contribution >= 4 is 40.4 Å². The summed E-state index contributed by atoms with van der Waals surface area (Å²) in [5.74, 6) is -3.52. The fourth-order valence-electron chi connectivity index (χ4n) is 3.66. The summed E-state index contributed by atoms with van der Waals surface area (Å²) in [6, 6.07) is 22.9. The zero-order valence-electron chi connectivity index (χ0n) is 20.5. The highest BCUT2D eigenvalue weighted by molar-refractivity contribution is 6.37. The lowest BCUT2D eigenvalue weighted by Crippen LogP contribution is -2.21. The first-order chi connectivity index (χ1) is 17.9. The number of alkyl halides is 3. The van der Waals surface area contributed by atoms with Crippen molar-refractivity contribution in [2.45, 2.75) is 12.7 Å². The number of amides is 2. The number of halogens is 3. The smallest absolute Gasteiger partial charge is 0.475 e. The van der Waals surface area contributed by atoms with Gasteiger partial charge in [-0.05, 0) is 49.5 Å². The van der Waals surface area contributed by atoms with Crippen molar-refractivity contribution in [2.24, 2.45) is 5.73 Å². The van der Waals surface area contributed by atoms with Gasteiger partial charge in [0, 0.05) is 29.0 Å². The van der Waals surface area contributed by atoms with Gasteiger partial charge in [-0.3, -0.25) is 9.59 Å². The van der Waals surface area contributed by atoms with Crippen LogP contribution in [0.5, 0.6) is 0 Å². The Kier molecular flexibility index (Phi) is 8.53. The second-order valence-corrected chi connectivity index (χ2v) is 8.56. The van der Waals surface area contributed by atoms with Crippen LogP contribution < -0.4 is 16.4 Å². The van der Waals surface area contributed by atoms with Crippen LogP contribution in [0, 0.1) is 0 Å². The van der Waals surface area contributed by atoms with E-state index in [4.69, 9.17) is 15.6 Å². The molecule has 0 aromatic heterocycles. The standard InChI is InChI=1S/C25H24N4O2.C2HF3O2/c1-29(2)15-16-8-11-19(12-9-16)27-23(17-6-4-3-5-7-17)22-20-13-10-18(24(26)30)14-21(20)28-25(22)31;3-2(4,5)1(6)7/h3-14,27H,15H2,1-2H3,(H2,26,30)(H,28,31);(H,6,7)/b23-22-;. The van der Waals surface area contributed by atoms with Gasteiger partial charge in [-0.2, -0.15) is 13.2 Å². The van der Waals surface area contributed by atoms with E-state index in [-0.39, 0.29) is 5.91 Å². The lowest BCUT2D eigenvalue weighted by atomic mass is 9.99. The Balaban J connectivity index is 0.000000505. The highest BCUT2D eigenvalue weighted by atomic mass is 19.4. The zero-order valence-corrected chi connectivity index (χ0v) is 20.5. The number of anilines is 2. The number of carboxylic acids is 1. The monoisotopic (exact) mass is 526 g/mol. The maximum Gasteiger partial charge on any atom is 0.490 e. The van der Waals surface area contributed by atoms with Gasteiger partial charge in [0.05, 0.1) is 11.3 Å². The quantitative estimate of drug-likeness (QED) is 0.353. The minimum atomic E-state index is -5.08. The minimum absolute atomic E-state index is 0.229. The van der Waals surface area contributed by atoms with Crippen LogP contribution in [0.3, 0.4) is 0 Å². The van der Waals surface area contributed by atoms with Crippen LogP contribution in [-0.4, -0.2) is 48.1 Å². The van der Waals surface area contributed by atoms with Gasteiger partial charge in [0.1, 0.15) is 0 Å². The van der Waals surface area contributed by atoms with E-state index in [1.54, 1.807) is 18.2 Å². The molecule has 0 aliphatic carbocycles. The number of fused-ring (bicyclic) bond motifs is 1. The normalized spacial score (nSPS) is 13.7. The van der Waals surface area contributed by atoms with Crippen molar-refractivity contribution < 1.29 is 32.7 Å². The van der Waals surface area contributed by atoms with E-state index >= 15 is 0 Å². The van der Waals surface area contributed by atoms with Crippen molar-refractivity contribution in [3.63, 3.8) is 0 Å². The molecule has 0 saturated heterocycles. The van der Waals surface area contributed by atoms with Crippen LogP contribution in [-0.2, 0) is 16.1 Å². The SMILES string of the molecule is CN(C)Cc1ccc(N/C(=C2\C(=O)Nc3cc(C(N)=O)ccc32)c2ccccc2)cc1.O=C(O)C(F)(F)F. The van der Waals surface area contributed by atoms with E-state index in [1.807, 2.05) is 56.6 Å².